The van der Waals surface area contributed by atoms with Crippen LogP contribution in [0.2, 0.25) is 0 Å². The van der Waals surface area contributed by atoms with E-state index in [0.29, 0.717) is 36.9 Å². The van der Waals surface area contributed by atoms with E-state index in [4.69, 9.17) is 0 Å². The number of rotatable bonds is 3. The lowest BCUT2D eigenvalue weighted by Gasteiger charge is -2.52. The molecule has 3 heterocycles. The van der Waals surface area contributed by atoms with Crippen LogP contribution in [-0.4, -0.2) is 76.6 Å². The van der Waals surface area contributed by atoms with Gasteiger partial charge in [-0.15, -0.1) is 0 Å². The summed E-state index contributed by atoms with van der Waals surface area (Å²) in [6, 6.07) is 1.12. The number of likely N-dealkylation sites (tertiary alicyclic amines) is 3. The zero-order chi connectivity index (χ0) is 19.0. The molecule has 0 aromatic rings. The molecule has 1 N–H and O–H groups in total. The summed E-state index contributed by atoms with van der Waals surface area (Å²) in [6.07, 6.45) is 9.31. The summed E-state index contributed by atoms with van der Waals surface area (Å²) in [5, 5.41) is 9.20. The van der Waals surface area contributed by atoms with Crippen molar-refractivity contribution in [1.29, 1.82) is 0 Å². The van der Waals surface area contributed by atoms with Crippen molar-refractivity contribution in [3.8, 4) is 0 Å². The van der Waals surface area contributed by atoms with Gasteiger partial charge in [0.2, 0.25) is 5.91 Å². The van der Waals surface area contributed by atoms with Gasteiger partial charge in [0.15, 0.2) is 0 Å². The topological polar surface area (TPSA) is 64.1 Å². The molecule has 1 saturated carbocycles. The number of piperidine rings is 2. The van der Waals surface area contributed by atoms with Crippen molar-refractivity contribution in [2.75, 3.05) is 32.7 Å². The first-order valence-corrected chi connectivity index (χ1v) is 11.0. The molecule has 1 atom stereocenters. The minimum Gasteiger partial charge on any atom is -0.465 e. The van der Waals surface area contributed by atoms with Crippen molar-refractivity contribution < 1.29 is 14.7 Å². The van der Waals surface area contributed by atoms with E-state index in [9.17, 15) is 14.7 Å². The summed E-state index contributed by atoms with van der Waals surface area (Å²) in [5.74, 6) is 1.01. The zero-order valence-corrected chi connectivity index (χ0v) is 16.7. The smallest absolute Gasteiger partial charge is 0.407 e. The maximum atomic E-state index is 12.3. The van der Waals surface area contributed by atoms with Crippen LogP contribution in [-0.2, 0) is 4.79 Å². The predicted molar refractivity (Wildman–Crippen MR) is 104 cm³/mol. The number of hydrogen-bond donors (Lipinski definition) is 1. The standard InChI is InChI=1S/C21H35N3O3/c1-2-19(25)24-9-4-3-5-18(24)16-6-10-22(11-7-16)17-13-21(14-17)8-12-23(15-21)20(26)27/h16-18H,2-15H2,1H3,(H,26,27). The van der Waals surface area contributed by atoms with Gasteiger partial charge in [-0.3, -0.25) is 4.79 Å². The molecule has 0 radical (unpaired) electrons. The Morgan fingerprint density at radius 1 is 1.04 bits per heavy atom. The normalized spacial score (nSPS) is 35.4. The monoisotopic (exact) mass is 377 g/mol. The second-order valence-corrected chi connectivity index (χ2v) is 9.39. The molecule has 27 heavy (non-hydrogen) atoms. The summed E-state index contributed by atoms with van der Waals surface area (Å²) in [4.78, 5) is 30.0. The Hall–Kier alpha value is -1.30. The Morgan fingerprint density at radius 3 is 2.41 bits per heavy atom. The fourth-order valence-corrected chi connectivity index (χ4v) is 6.26. The molecule has 1 spiro atoms. The van der Waals surface area contributed by atoms with E-state index in [-0.39, 0.29) is 5.41 Å². The van der Waals surface area contributed by atoms with Gasteiger partial charge >= 0.3 is 6.09 Å². The average molecular weight is 378 g/mol. The highest BCUT2D eigenvalue weighted by molar-refractivity contribution is 5.76. The van der Waals surface area contributed by atoms with Crippen LogP contribution in [0.4, 0.5) is 4.79 Å². The van der Waals surface area contributed by atoms with E-state index >= 15 is 0 Å². The highest BCUT2D eigenvalue weighted by Gasteiger charge is 2.51. The predicted octanol–water partition coefficient (Wildman–Crippen LogP) is 3.02. The van der Waals surface area contributed by atoms with E-state index in [2.05, 4.69) is 9.80 Å². The van der Waals surface area contributed by atoms with E-state index in [1.165, 1.54) is 44.9 Å². The molecule has 1 aliphatic carbocycles. The lowest BCUT2D eigenvalue weighted by atomic mass is 9.64. The van der Waals surface area contributed by atoms with Gasteiger partial charge in [-0.2, -0.15) is 0 Å². The molecule has 4 rings (SSSR count). The third-order valence-corrected chi connectivity index (χ3v) is 7.85. The van der Waals surface area contributed by atoms with Crippen LogP contribution in [0.25, 0.3) is 0 Å². The Bertz CT molecular complexity index is 567. The third kappa shape index (κ3) is 3.69. The molecular formula is C21H35N3O3. The summed E-state index contributed by atoms with van der Waals surface area (Å²) in [7, 11) is 0. The van der Waals surface area contributed by atoms with Crippen LogP contribution < -0.4 is 0 Å². The number of carbonyl (C=O) groups is 2. The van der Waals surface area contributed by atoms with Crippen LogP contribution in [0, 0.1) is 11.3 Å². The molecule has 0 bridgehead atoms. The van der Waals surface area contributed by atoms with Crippen molar-refractivity contribution in [2.45, 2.75) is 76.8 Å². The highest BCUT2D eigenvalue weighted by Crippen LogP contribution is 2.50. The Balaban J connectivity index is 1.26. The van der Waals surface area contributed by atoms with Gasteiger partial charge in [0.25, 0.3) is 0 Å². The molecule has 3 saturated heterocycles. The second kappa shape index (κ2) is 7.61. The van der Waals surface area contributed by atoms with Crippen molar-refractivity contribution >= 4 is 12.0 Å². The molecule has 4 aliphatic rings. The summed E-state index contributed by atoms with van der Waals surface area (Å²) < 4.78 is 0. The SMILES string of the molecule is CCC(=O)N1CCCCC1C1CCN(C2CC3(CCN(C(=O)O)C3)C2)CC1. The number of carbonyl (C=O) groups excluding carboxylic acids is 1. The molecular weight excluding hydrogens is 342 g/mol. The molecule has 1 unspecified atom stereocenters. The average Bonchev–Trinajstić information content (AvgIpc) is 3.13. The molecule has 0 aromatic heterocycles. The fourth-order valence-electron chi connectivity index (χ4n) is 6.26. The molecule has 6 heteroatoms. The van der Waals surface area contributed by atoms with Gasteiger partial charge in [-0.25, -0.2) is 4.79 Å². The number of hydrogen-bond acceptors (Lipinski definition) is 3. The maximum absolute atomic E-state index is 12.3. The Labute approximate surface area is 162 Å². The lowest BCUT2D eigenvalue weighted by Crippen LogP contribution is -2.56. The Morgan fingerprint density at radius 2 is 1.78 bits per heavy atom. The van der Waals surface area contributed by atoms with Gasteiger partial charge in [-0.1, -0.05) is 6.92 Å². The number of carboxylic acid groups (broad SMARTS) is 1. The van der Waals surface area contributed by atoms with Gasteiger partial charge in [-0.05, 0) is 75.8 Å². The van der Waals surface area contributed by atoms with Crippen molar-refractivity contribution in [3.05, 3.63) is 0 Å². The molecule has 2 amide bonds. The molecule has 6 nitrogen and oxygen atoms in total. The quantitative estimate of drug-likeness (QED) is 0.821. The van der Waals surface area contributed by atoms with Crippen molar-refractivity contribution in [1.82, 2.24) is 14.7 Å². The van der Waals surface area contributed by atoms with Crippen molar-refractivity contribution in [2.24, 2.45) is 11.3 Å². The van der Waals surface area contributed by atoms with E-state index in [0.717, 1.165) is 32.6 Å². The van der Waals surface area contributed by atoms with Crippen LogP contribution in [0.5, 0.6) is 0 Å². The van der Waals surface area contributed by atoms with Crippen molar-refractivity contribution in [3.63, 3.8) is 0 Å². The third-order valence-electron chi connectivity index (χ3n) is 7.85. The van der Waals surface area contributed by atoms with Crippen LogP contribution in [0.1, 0.15) is 64.7 Å². The highest BCUT2D eigenvalue weighted by atomic mass is 16.4. The maximum Gasteiger partial charge on any atom is 0.407 e. The summed E-state index contributed by atoms with van der Waals surface area (Å²) >= 11 is 0. The Kier molecular flexibility index (Phi) is 5.36. The van der Waals surface area contributed by atoms with Gasteiger partial charge in [0, 0.05) is 38.1 Å². The minimum atomic E-state index is -0.755. The van der Waals surface area contributed by atoms with Crippen LogP contribution in [0.15, 0.2) is 0 Å². The largest absolute Gasteiger partial charge is 0.465 e. The molecule has 0 aromatic carbocycles. The minimum absolute atomic E-state index is 0.271. The summed E-state index contributed by atoms with van der Waals surface area (Å²) in [6.45, 7) is 6.70. The first kappa shape index (κ1) is 19.0. The van der Waals surface area contributed by atoms with E-state index in [1.54, 1.807) is 4.90 Å². The molecule has 4 fully saturated rings. The first-order chi connectivity index (χ1) is 13.0. The summed E-state index contributed by atoms with van der Waals surface area (Å²) in [5.41, 5.74) is 0.271. The van der Waals surface area contributed by atoms with Crippen LogP contribution in [0.3, 0.4) is 0 Å². The number of amides is 2. The number of nitrogens with zero attached hydrogens (tertiary/aromatic N) is 3. The zero-order valence-electron chi connectivity index (χ0n) is 16.7. The van der Waals surface area contributed by atoms with Crippen LogP contribution >= 0.6 is 0 Å². The molecule has 3 aliphatic heterocycles. The van der Waals surface area contributed by atoms with E-state index < -0.39 is 6.09 Å². The molecule has 152 valence electrons. The van der Waals surface area contributed by atoms with Gasteiger partial charge in [0.1, 0.15) is 0 Å². The van der Waals surface area contributed by atoms with E-state index in [1.807, 2.05) is 6.92 Å². The second-order valence-electron chi connectivity index (χ2n) is 9.39. The fraction of sp³-hybridized carbons (Fsp3) is 0.905. The van der Waals surface area contributed by atoms with Gasteiger partial charge in [0.05, 0.1) is 0 Å². The first-order valence-electron chi connectivity index (χ1n) is 11.0. The lowest BCUT2D eigenvalue weighted by molar-refractivity contribution is -0.136. The van der Waals surface area contributed by atoms with Gasteiger partial charge < -0.3 is 19.8 Å².